The molecule has 1 atom stereocenters. The van der Waals surface area contributed by atoms with Crippen LogP contribution >= 0.6 is 0 Å². The van der Waals surface area contributed by atoms with E-state index in [1.54, 1.807) is 12.1 Å². The zero-order chi connectivity index (χ0) is 12.0. The van der Waals surface area contributed by atoms with Crippen LogP contribution in [-0.4, -0.2) is 31.6 Å². The lowest BCUT2D eigenvalue weighted by molar-refractivity contribution is 0.292. The van der Waals surface area contributed by atoms with Gasteiger partial charge in [0.2, 0.25) is 0 Å². The first kappa shape index (κ1) is 13.1. The minimum Gasteiger partial charge on any atom is -0.330 e. The van der Waals surface area contributed by atoms with Gasteiger partial charge in [-0.15, -0.1) is 0 Å². The van der Waals surface area contributed by atoms with E-state index < -0.39 is 0 Å². The summed E-state index contributed by atoms with van der Waals surface area (Å²) in [5, 5.41) is 0. The molecule has 0 saturated heterocycles. The van der Waals surface area contributed by atoms with E-state index in [4.69, 9.17) is 5.73 Å². The summed E-state index contributed by atoms with van der Waals surface area (Å²) in [7, 11) is 2.07. The van der Waals surface area contributed by atoms with E-state index in [1.165, 1.54) is 6.07 Å². The number of nitrogens with two attached hydrogens (primary N) is 1. The summed E-state index contributed by atoms with van der Waals surface area (Å²) < 4.78 is 12.9. The van der Waals surface area contributed by atoms with Crippen molar-refractivity contribution in [2.45, 2.75) is 13.3 Å². The number of benzene rings is 1. The van der Waals surface area contributed by atoms with Crippen molar-refractivity contribution < 1.29 is 4.39 Å². The van der Waals surface area contributed by atoms with Crippen LogP contribution in [0.4, 0.5) is 4.39 Å². The highest BCUT2D eigenvalue weighted by Gasteiger charge is 2.04. The van der Waals surface area contributed by atoms with Gasteiger partial charge in [-0.3, -0.25) is 0 Å². The molecule has 0 amide bonds. The molecule has 0 radical (unpaired) electrons. The summed E-state index contributed by atoms with van der Waals surface area (Å²) in [4.78, 5) is 2.24. The van der Waals surface area contributed by atoms with Crippen LogP contribution in [0.25, 0.3) is 0 Å². The molecule has 1 aromatic rings. The van der Waals surface area contributed by atoms with Gasteiger partial charge in [0.15, 0.2) is 0 Å². The minimum absolute atomic E-state index is 0.157. The summed E-state index contributed by atoms with van der Waals surface area (Å²) in [5.41, 5.74) is 6.62. The smallest absolute Gasteiger partial charge is 0.123 e. The van der Waals surface area contributed by atoms with E-state index in [9.17, 15) is 4.39 Å². The summed E-state index contributed by atoms with van der Waals surface area (Å²) >= 11 is 0. The van der Waals surface area contributed by atoms with Crippen LogP contribution in [0.2, 0.25) is 0 Å². The lowest BCUT2D eigenvalue weighted by Gasteiger charge is -2.20. The summed E-state index contributed by atoms with van der Waals surface area (Å²) in [5.74, 6) is 0.355. The van der Waals surface area contributed by atoms with E-state index in [-0.39, 0.29) is 5.82 Å². The lowest BCUT2D eigenvalue weighted by atomic mass is 10.1. The molecule has 0 bridgehead atoms. The zero-order valence-corrected chi connectivity index (χ0v) is 10.1. The Kier molecular flexibility index (Phi) is 5.43. The normalized spacial score (nSPS) is 13.1. The lowest BCUT2D eigenvalue weighted by Crippen LogP contribution is -2.29. The van der Waals surface area contributed by atoms with Crippen LogP contribution in [0.5, 0.6) is 0 Å². The molecule has 2 N–H and O–H groups in total. The molecule has 1 rings (SSSR count). The average molecular weight is 224 g/mol. The molecular formula is C13H21FN2. The Hall–Kier alpha value is -0.930. The molecule has 1 aromatic carbocycles. The second kappa shape index (κ2) is 6.61. The second-order valence-corrected chi connectivity index (χ2v) is 4.48. The molecule has 90 valence electrons. The molecule has 16 heavy (non-hydrogen) atoms. The Morgan fingerprint density at radius 1 is 1.44 bits per heavy atom. The molecule has 1 unspecified atom stereocenters. The van der Waals surface area contributed by atoms with Crippen molar-refractivity contribution in [3.8, 4) is 0 Å². The van der Waals surface area contributed by atoms with E-state index in [1.807, 2.05) is 6.07 Å². The number of likely N-dealkylation sites (N-methyl/N-ethyl adjacent to an activating group) is 1. The molecule has 0 aromatic heterocycles. The largest absolute Gasteiger partial charge is 0.330 e. The first-order chi connectivity index (χ1) is 7.61. The van der Waals surface area contributed by atoms with Gasteiger partial charge in [-0.2, -0.15) is 0 Å². The predicted molar refractivity (Wildman–Crippen MR) is 65.8 cm³/mol. The highest BCUT2D eigenvalue weighted by molar-refractivity contribution is 5.16. The second-order valence-electron chi connectivity index (χ2n) is 4.48. The van der Waals surface area contributed by atoms with E-state index in [2.05, 4.69) is 18.9 Å². The molecular weight excluding hydrogens is 203 g/mol. The van der Waals surface area contributed by atoms with Crippen LogP contribution in [0.3, 0.4) is 0 Å². The highest BCUT2D eigenvalue weighted by atomic mass is 19.1. The highest BCUT2D eigenvalue weighted by Crippen LogP contribution is 2.05. The third kappa shape index (κ3) is 4.73. The van der Waals surface area contributed by atoms with Gasteiger partial charge in [0.25, 0.3) is 0 Å². The zero-order valence-electron chi connectivity index (χ0n) is 10.1. The van der Waals surface area contributed by atoms with Crippen molar-refractivity contribution in [3.63, 3.8) is 0 Å². The average Bonchev–Trinajstić information content (AvgIpc) is 2.26. The van der Waals surface area contributed by atoms with Crippen molar-refractivity contribution in [1.82, 2.24) is 4.90 Å². The molecule has 0 aliphatic carbocycles. The fourth-order valence-electron chi connectivity index (χ4n) is 1.71. The summed E-state index contributed by atoms with van der Waals surface area (Å²) in [6, 6.07) is 6.79. The van der Waals surface area contributed by atoms with Gasteiger partial charge in [0.1, 0.15) is 5.82 Å². The third-order valence-electron chi connectivity index (χ3n) is 2.70. The van der Waals surface area contributed by atoms with Crippen molar-refractivity contribution in [2.75, 3.05) is 26.7 Å². The van der Waals surface area contributed by atoms with Gasteiger partial charge in [0, 0.05) is 13.1 Å². The Bertz CT molecular complexity index is 315. The molecule has 2 nitrogen and oxygen atoms in total. The first-order valence-electron chi connectivity index (χ1n) is 5.75. The molecule has 3 heteroatoms. The van der Waals surface area contributed by atoms with Crippen LogP contribution in [0.15, 0.2) is 24.3 Å². The Balaban J connectivity index is 2.34. The van der Waals surface area contributed by atoms with Crippen LogP contribution in [0.1, 0.15) is 12.5 Å². The van der Waals surface area contributed by atoms with Crippen molar-refractivity contribution in [1.29, 1.82) is 0 Å². The van der Waals surface area contributed by atoms with E-state index in [0.717, 1.165) is 25.1 Å². The summed E-state index contributed by atoms with van der Waals surface area (Å²) in [6.07, 6.45) is 0.881. The maximum Gasteiger partial charge on any atom is 0.123 e. The van der Waals surface area contributed by atoms with E-state index >= 15 is 0 Å². The number of nitrogens with zero attached hydrogens (tertiary/aromatic N) is 1. The monoisotopic (exact) mass is 224 g/mol. The van der Waals surface area contributed by atoms with Crippen molar-refractivity contribution in [2.24, 2.45) is 11.7 Å². The maximum atomic E-state index is 12.9. The number of hydrogen-bond donors (Lipinski definition) is 1. The maximum absolute atomic E-state index is 12.9. The summed E-state index contributed by atoms with van der Waals surface area (Å²) in [6.45, 7) is 4.78. The van der Waals surface area contributed by atoms with Gasteiger partial charge in [-0.05, 0) is 43.6 Å². The Morgan fingerprint density at radius 2 is 2.19 bits per heavy atom. The fraction of sp³-hybridized carbons (Fsp3) is 0.538. The van der Waals surface area contributed by atoms with Gasteiger partial charge >= 0.3 is 0 Å². The van der Waals surface area contributed by atoms with E-state index in [0.29, 0.717) is 12.5 Å². The molecule has 0 spiro atoms. The quantitative estimate of drug-likeness (QED) is 0.799. The molecule has 0 aliphatic heterocycles. The minimum atomic E-state index is -0.157. The Labute approximate surface area is 97.3 Å². The van der Waals surface area contributed by atoms with Crippen LogP contribution in [-0.2, 0) is 6.42 Å². The number of rotatable bonds is 6. The SMILES string of the molecule is CC(CN)CN(C)CCc1cccc(F)c1. The molecule has 0 fully saturated rings. The topological polar surface area (TPSA) is 29.3 Å². The molecule has 0 heterocycles. The van der Waals surface area contributed by atoms with Gasteiger partial charge in [-0.1, -0.05) is 19.1 Å². The van der Waals surface area contributed by atoms with Crippen LogP contribution in [0, 0.1) is 11.7 Å². The Morgan fingerprint density at radius 3 is 2.81 bits per heavy atom. The third-order valence-corrected chi connectivity index (χ3v) is 2.70. The first-order valence-corrected chi connectivity index (χ1v) is 5.75. The van der Waals surface area contributed by atoms with Crippen molar-refractivity contribution in [3.05, 3.63) is 35.6 Å². The fourth-order valence-corrected chi connectivity index (χ4v) is 1.71. The van der Waals surface area contributed by atoms with Gasteiger partial charge < -0.3 is 10.6 Å². The van der Waals surface area contributed by atoms with Gasteiger partial charge in [-0.25, -0.2) is 4.39 Å². The van der Waals surface area contributed by atoms with Gasteiger partial charge in [0.05, 0.1) is 0 Å². The van der Waals surface area contributed by atoms with Crippen LogP contribution < -0.4 is 5.73 Å². The molecule has 0 saturated carbocycles. The molecule has 0 aliphatic rings. The number of halogens is 1. The predicted octanol–water partition coefficient (Wildman–Crippen LogP) is 1.89. The standard InChI is InChI=1S/C13H21FN2/c1-11(9-15)10-16(2)7-6-12-4-3-5-13(14)8-12/h3-5,8,11H,6-7,9-10,15H2,1-2H3. The number of hydrogen-bond acceptors (Lipinski definition) is 2. The van der Waals surface area contributed by atoms with Crippen molar-refractivity contribution >= 4 is 0 Å².